The van der Waals surface area contributed by atoms with Gasteiger partial charge in [0.2, 0.25) is 5.91 Å². The van der Waals surface area contributed by atoms with Crippen LogP contribution in [0.4, 0.5) is 0 Å². The fourth-order valence-electron chi connectivity index (χ4n) is 1.45. The number of carboxylic acid groups (broad SMARTS) is 1. The Bertz CT molecular complexity index is 442. The number of carbonyl (C=O) groups excluding carboxylic acids is 1. The second kappa shape index (κ2) is 6.61. The third-order valence-corrected chi connectivity index (χ3v) is 3.15. The Morgan fingerprint density at radius 3 is 2.33 bits per heavy atom. The van der Waals surface area contributed by atoms with E-state index < -0.39 is 17.9 Å². The molecule has 0 bridgehead atoms. The van der Waals surface area contributed by atoms with E-state index in [0.717, 1.165) is 0 Å². The van der Waals surface area contributed by atoms with Gasteiger partial charge in [0.15, 0.2) is 0 Å². The second-order valence-electron chi connectivity index (χ2n) is 3.74. The van der Waals surface area contributed by atoms with Gasteiger partial charge in [0.25, 0.3) is 0 Å². The number of hydrogen-bond donors (Lipinski definition) is 2. The van der Waals surface area contributed by atoms with Crippen LogP contribution >= 0.6 is 23.2 Å². The maximum absolute atomic E-state index is 11.7. The molecular formula is C12H13Cl2NO3. The molecule has 2 N–H and O–H groups in total. The maximum Gasteiger partial charge on any atom is 0.326 e. The smallest absolute Gasteiger partial charge is 0.326 e. The van der Waals surface area contributed by atoms with E-state index >= 15 is 0 Å². The molecule has 0 radical (unpaired) electrons. The first-order valence-electron chi connectivity index (χ1n) is 5.40. The van der Waals surface area contributed by atoms with Crippen LogP contribution in [0.1, 0.15) is 18.9 Å². The van der Waals surface area contributed by atoms with Gasteiger partial charge in [0, 0.05) is 10.0 Å². The number of hydrogen-bond acceptors (Lipinski definition) is 2. The van der Waals surface area contributed by atoms with Gasteiger partial charge in [-0.05, 0) is 24.1 Å². The quantitative estimate of drug-likeness (QED) is 0.875. The Hall–Kier alpha value is -1.26. The van der Waals surface area contributed by atoms with Crippen molar-refractivity contribution in [2.24, 2.45) is 0 Å². The van der Waals surface area contributed by atoms with Gasteiger partial charge in [-0.25, -0.2) is 4.79 Å². The largest absolute Gasteiger partial charge is 0.480 e. The average Bonchev–Trinajstić information content (AvgIpc) is 2.30. The van der Waals surface area contributed by atoms with E-state index in [-0.39, 0.29) is 6.42 Å². The van der Waals surface area contributed by atoms with Crippen molar-refractivity contribution in [3.63, 3.8) is 0 Å². The van der Waals surface area contributed by atoms with E-state index in [1.807, 2.05) is 0 Å². The monoisotopic (exact) mass is 289 g/mol. The van der Waals surface area contributed by atoms with Crippen LogP contribution in [0, 0.1) is 0 Å². The average molecular weight is 290 g/mol. The van der Waals surface area contributed by atoms with Crippen LogP contribution in [0.3, 0.4) is 0 Å². The van der Waals surface area contributed by atoms with Crippen molar-refractivity contribution in [3.8, 4) is 0 Å². The van der Waals surface area contributed by atoms with Crippen molar-refractivity contribution in [1.29, 1.82) is 0 Å². The van der Waals surface area contributed by atoms with Crippen LogP contribution in [0.15, 0.2) is 18.2 Å². The highest BCUT2D eigenvalue weighted by molar-refractivity contribution is 6.36. The molecule has 1 aromatic rings. The molecule has 0 spiro atoms. The van der Waals surface area contributed by atoms with Crippen molar-refractivity contribution >= 4 is 35.1 Å². The lowest BCUT2D eigenvalue weighted by Crippen LogP contribution is -2.41. The zero-order valence-corrected chi connectivity index (χ0v) is 11.3. The molecule has 0 heterocycles. The lowest BCUT2D eigenvalue weighted by Gasteiger charge is -2.13. The predicted molar refractivity (Wildman–Crippen MR) is 70.0 cm³/mol. The number of halogens is 2. The molecule has 18 heavy (non-hydrogen) atoms. The minimum Gasteiger partial charge on any atom is -0.480 e. The zero-order valence-electron chi connectivity index (χ0n) is 9.74. The summed E-state index contributed by atoms with van der Waals surface area (Å²) in [6.07, 6.45) is 0.277. The van der Waals surface area contributed by atoms with Gasteiger partial charge in [-0.3, -0.25) is 4.79 Å². The number of benzene rings is 1. The van der Waals surface area contributed by atoms with Gasteiger partial charge < -0.3 is 10.4 Å². The van der Waals surface area contributed by atoms with Crippen LogP contribution in [-0.4, -0.2) is 23.0 Å². The summed E-state index contributed by atoms with van der Waals surface area (Å²) < 4.78 is 0. The molecular weight excluding hydrogens is 277 g/mol. The molecule has 0 unspecified atom stereocenters. The fraction of sp³-hybridized carbons (Fsp3) is 0.333. The van der Waals surface area contributed by atoms with Crippen molar-refractivity contribution in [2.75, 3.05) is 0 Å². The Labute approximate surface area is 115 Å². The van der Waals surface area contributed by atoms with Crippen LogP contribution in [0.5, 0.6) is 0 Å². The van der Waals surface area contributed by atoms with E-state index in [9.17, 15) is 9.59 Å². The highest BCUT2D eigenvalue weighted by Crippen LogP contribution is 2.24. The topological polar surface area (TPSA) is 66.4 Å². The molecule has 6 heteroatoms. The summed E-state index contributed by atoms with van der Waals surface area (Å²) in [4.78, 5) is 22.5. The molecule has 1 atom stereocenters. The van der Waals surface area contributed by atoms with Gasteiger partial charge >= 0.3 is 5.97 Å². The molecule has 0 saturated carbocycles. The van der Waals surface area contributed by atoms with Crippen LogP contribution in [0.25, 0.3) is 0 Å². The summed E-state index contributed by atoms with van der Waals surface area (Å²) in [5.74, 6) is -1.48. The molecule has 0 aliphatic carbocycles. The van der Waals surface area contributed by atoms with Crippen LogP contribution < -0.4 is 5.32 Å². The van der Waals surface area contributed by atoms with Crippen molar-refractivity contribution in [1.82, 2.24) is 5.32 Å². The summed E-state index contributed by atoms with van der Waals surface area (Å²) in [7, 11) is 0. The van der Waals surface area contributed by atoms with Gasteiger partial charge in [-0.1, -0.05) is 36.2 Å². The number of amides is 1. The van der Waals surface area contributed by atoms with Crippen molar-refractivity contribution in [3.05, 3.63) is 33.8 Å². The molecule has 0 aliphatic rings. The molecule has 0 saturated heterocycles. The number of carbonyl (C=O) groups is 2. The molecule has 1 amide bonds. The van der Waals surface area contributed by atoms with Crippen LogP contribution in [-0.2, 0) is 16.0 Å². The van der Waals surface area contributed by atoms with E-state index in [0.29, 0.717) is 22.0 Å². The second-order valence-corrected chi connectivity index (χ2v) is 4.56. The molecule has 1 aromatic carbocycles. The number of carboxylic acids is 1. The summed E-state index contributed by atoms with van der Waals surface area (Å²) in [5.41, 5.74) is 0.499. The first kappa shape index (κ1) is 14.8. The number of aliphatic carboxylic acids is 1. The summed E-state index contributed by atoms with van der Waals surface area (Å²) in [6, 6.07) is 4.05. The number of nitrogens with one attached hydrogen (secondary N) is 1. The first-order valence-corrected chi connectivity index (χ1v) is 6.16. The van der Waals surface area contributed by atoms with Crippen LogP contribution in [0.2, 0.25) is 10.0 Å². The Morgan fingerprint density at radius 2 is 1.89 bits per heavy atom. The van der Waals surface area contributed by atoms with Crippen molar-refractivity contribution in [2.45, 2.75) is 25.8 Å². The first-order chi connectivity index (χ1) is 8.45. The Morgan fingerprint density at radius 1 is 1.33 bits per heavy atom. The molecule has 98 valence electrons. The van der Waals surface area contributed by atoms with Gasteiger partial charge in [0.1, 0.15) is 6.04 Å². The molecule has 0 fully saturated rings. The molecule has 1 rings (SSSR count). The van der Waals surface area contributed by atoms with E-state index in [1.54, 1.807) is 25.1 Å². The SMILES string of the molecule is CC[C@H](NC(=O)Cc1c(Cl)cccc1Cl)C(=O)O. The minimum atomic E-state index is -1.06. The van der Waals surface area contributed by atoms with Gasteiger partial charge in [-0.15, -0.1) is 0 Å². The molecule has 0 aliphatic heterocycles. The normalized spacial score (nSPS) is 11.9. The van der Waals surface area contributed by atoms with E-state index in [4.69, 9.17) is 28.3 Å². The zero-order chi connectivity index (χ0) is 13.7. The summed E-state index contributed by atoms with van der Waals surface area (Å²) in [6.45, 7) is 1.68. The lowest BCUT2D eigenvalue weighted by atomic mass is 10.1. The van der Waals surface area contributed by atoms with Gasteiger partial charge in [-0.2, -0.15) is 0 Å². The highest BCUT2D eigenvalue weighted by atomic mass is 35.5. The predicted octanol–water partition coefficient (Wildman–Crippen LogP) is 2.52. The summed E-state index contributed by atoms with van der Waals surface area (Å²) >= 11 is 11.9. The number of rotatable bonds is 5. The Kier molecular flexibility index (Phi) is 5.44. The molecule has 4 nitrogen and oxygen atoms in total. The van der Waals surface area contributed by atoms with E-state index in [1.165, 1.54) is 0 Å². The molecule has 0 aromatic heterocycles. The fourth-order valence-corrected chi connectivity index (χ4v) is 1.98. The third-order valence-electron chi connectivity index (χ3n) is 2.44. The maximum atomic E-state index is 11.7. The lowest BCUT2D eigenvalue weighted by molar-refractivity contribution is -0.141. The standard InChI is InChI=1S/C12H13Cl2NO3/c1-2-10(12(17)18)15-11(16)6-7-8(13)4-3-5-9(7)14/h3-5,10H,2,6H2,1H3,(H,15,16)(H,17,18)/t10-/m0/s1. The van der Waals surface area contributed by atoms with Crippen molar-refractivity contribution < 1.29 is 14.7 Å². The third kappa shape index (κ3) is 3.89. The Balaban J connectivity index is 2.73. The summed E-state index contributed by atoms with van der Waals surface area (Å²) in [5, 5.41) is 12.0. The highest BCUT2D eigenvalue weighted by Gasteiger charge is 2.18. The van der Waals surface area contributed by atoms with Gasteiger partial charge in [0.05, 0.1) is 6.42 Å². The minimum absolute atomic E-state index is 0.0394. The van der Waals surface area contributed by atoms with E-state index in [2.05, 4.69) is 5.32 Å².